The molecule has 2 amide bonds. The van der Waals surface area contributed by atoms with Crippen LogP contribution in [-0.4, -0.2) is 69.1 Å². The topological polar surface area (TPSA) is 98.2 Å². The van der Waals surface area contributed by atoms with Crippen LogP contribution in [0.1, 0.15) is 26.7 Å². The Morgan fingerprint density at radius 3 is 2.45 bits per heavy atom. The maximum absolute atomic E-state index is 12.4. The lowest BCUT2D eigenvalue weighted by molar-refractivity contribution is -0.149. The molecule has 7 heteroatoms. The quantitative estimate of drug-likeness (QED) is 0.713. The van der Waals surface area contributed by atoms with E-state index < -0.39 is 24.0 Å². The summed E-state index contributed by atoms with van der Waals surface area (Å²) in [6, 6.07) is -0.958. The summed E-state index contributed by atoms with van der Waals surface area (Å²) in [6.07, 6.45) is -0.635. The number of rotatable bonds is 3. The number of aliphatic carboxylic acids is 1. The Balaban J connectivity index is 2.08. The maximum atomic E-state index is 12.4. The number of carbonyl (C=O) groups is 3. The van der Waals surface area contributed by atoms with Crippen LogP contribution in [0.2, 0.25) is 0 Å². The monoisotopic (exact) mass is 284 g/mol. The second kappa shape index (κ2) is 5.40. The Bertz CT molecular complexity index is 436. The van der Waals surface area contributed by atoms with Crippen molar-refractivity contribution in [1.82, 2.24) is 9.80 Å². The van der Waals surface area contributed by atoms with Gasteiger partial charge in [-0.25, -0.2) is 4.79 Å². The molecule has 2 aliphatic rings. The van der Waals surface area contributed by atoms with Crippen LogP contribution >= 0.6 is 0 Å². The van der Waals surface area contributed by atoms with Crippen molar-refractivity contribution in [3.8, 4) is 0 Å². The SMILES string of the molecule is CC(C)N1CC(C(=O)N2C[C@H](O)C[C@@H]2C(=O)O)CC1=O. The van der Waals surface area contributed by atoms with Crippen LogP contribution in [-0.2, 0) is 14.4 Å². The summed E-state index contributed by atoms with van der Waals surface area (Å²) < 4.78 is 0. The highest BCUT2D eigenvalue weighted by Crippen LogP contribution is 2.26. The van der Waals surface area contributed by atoms with E-state index in [9.17, 15) is 19.5 Å². The molecule has 0 aromatic rings. The second-order valence-corrected chi connectivity index (χ2v) is 5.78. The largest absolute Gasteiger partial charge is 0.480 e. The second-order valence-electron chi connectivity index (χ2n) is 5.78. The van der Waals surface area contributed by atoms with Gasteiger partial charge in [0.1, 0.15) is 6.04 Å². The minimum Gasteiger partial charge on any atom is -0.480 e. The van der Waals surface area contributed by atoms with Gasteiger partial charge in [0.15, 0.2) is 0 Å². The van der Waals surface area contributed by atoms with Gasteiger partial charge in [0, 0.05) is 32.0 Å². The summed E-state index contributed by atoms with van der Waals surface area (Å²) in [6.45, 7) is 4.12. The van der Waals surface area contributed by atoms with Gasteiger partial charge >= 0.3 is 5.97 Å². The molecule has 2 rings (SSSR count). The van der Waals surface area contributed by atoms with E-state index in [4.69, 9.17) is 5.11 Å². The van der Waals surface area contributed by atoms with Gasteiger partial charge in [-0.05, 0) is 13.8 Å². The fourth-order valence-corrected chi connectivity index (χ4v) is 2.92. The van der Waals surface area contributed by atoms with E-state index in [1.165, 1.54) is 4.90 Å². The average Bonchev–Trinajstić information content (AvgIpc) is 2.91. The van der Waals surface area contributed by atoms with E-state index in [1.54, 1.807) is 4.90 Å². The molecule has 0 radical (unpaired) electrons. The molecule has 2 fully saturated rings. The van der Waals surface area contributed by atoms with Gasteiger partial charge in [-0.1, -0.05) is 0 Å². The van der Waals surface area contributed by atoms with Crippen molar-refractivity contribution >= 4 is 17.8 Å². The maximum Gasteiger partial charge on any atom is 0.326 e. The molecule has 0 aromatic heterocycles. The van der Waals surface area contributed by atoms with Crippen LogP contribution in [0.25, 0.3) is 0 Å². The Morgan fingerprint density at radius 1 is 1.30 bits per heavy atom. The highest BCUT2D eigenvalue weighted by molar-refractivity contribution is 5.91. The summed E-state index contributed by atoms with van der Waals surface area (Å²) >= 11 is 0. The fraction of sp³-hybridized carbons (Fsp3) is 0.769. The van der Waals surface area contributed by atoms with Gasteiger partial charge in [-0.2, -0.15) is 0 Å². The predicted octanol–water partition coefficient (Wildman–Crippen LogP) is -0.710. The van der Waals surface area contributed by atoms with Crippen molar-refractivity contribution in [3.05, 3.63) is 0 Å². The van der Waals surface area contributed by atoms with E-state index in [2.05, 4.69) is 0 Å². The highest BCUT2D eigenvalue weighted by atomic mass is 16.4. The number of carbonyl (C=O) groups excluding carboxylic acids is 2. The first kappa shape index (κ1) is 14.8. The molecule has 0 aromatic carbocycles. The lowest BCUT2D eigenvalue weighted by Crippen LogP contribution is -2.44. The van der Waals surface area contributed by atoms with Crippen molar-refractivity contribution in [1.29, 1.82) is 0 Å². The molecule has 0 saturated carbocycles. The molecule has 2 heterocycles. The summed E-state index contributed by atoms with van der Waals surface area (Å²) in [5.41, 5.74) is 0. The van der Waals surface area contributed by atoms with Crippen molar-refractivity contribution in [2.45, 2.75) is 44.9 Å². The number of hydrogen-bond donors (Lipinski definition) is 2. The van der Waals surface area contributed by atoms with Crippen LogP contribution in [0.5, 0.6) is 0 Å². The van der Waals surface area contributed by atoms with Crippen LogP contribution in [0.15, 0.2) is 0 Å². The van der Waals surface area contributed by atoms with Crippen LogP contribution in [0.3, 0.4) is 0 Å². The van der Waals surface area contributed by atoms with Crippen LogP contribution in [0, 0.1) is 5.92 Å². The Morgan fingerprint density at radius 2 is 1.95 bits per heavy atom. The van der Waals surface area contributed by atoms with Gasteiger partial charge in [0.2, 0.25) is 11.8 Å². The molecule has 2 saturated heterocycles. The minimum absolute atomic E-state index is 0.0275. The van der Waals surface area contributed by atoms with E-state index in [1.807, 2.05) is 13.8 Å². The number of amides is 2. The standard InChI is InChI=1S/C13H20N2O5/c1-7(2)14-5-8(3-11(14)17)12(18)15-6-9(16)4-10(15)13(19)20/h7-10,16H,3-6H2,1-2H3,(H,19,20)/t8?,9-,10-/m1/s1. The fourth-order valence-electron chi connectivity index (χ4n) is 2.92. The van der Waals surface area contributed by atoms with Crippen molar-refractivity contribution in [2.75, 3.05) is 13.1 Å². The molecular weight excluding hydrogens is 264 g/mol. The number of carboxylic acids is 1. The number of hydrogen-bond acceptors (Lipinski definition) is 4. The Labute approximate surface area is 117 Å². The van der Waals surface area contributed by atoms with E-state index in [0.29, 0.717) is 6.54 Å². The average molecular weight is 284 g/mol. The number of carboxylic acid groups (broad SMARTS) is 1. The zero-order chi connectivity index (χ0) is 15.0. The van der Waals surface area contributed by atoms with Crippen molar-refractivity contribution in [3.63, 3.8) is 0 Å². The number of aliphatic hydroxyl groups excluding tert-OH is 1. The van der Waals surface area contributed by atoms with Crippen LogP contribution in [0.4, 0.5) is 0 Å². The van der Waals surface area contributed by atoms with Crippen LogP contribution < -0.4 is 0 Å². The van der Waals surface area contributed by atoms with E-state index in [0.717, 1.165) is 0 Å². The van der Waals surface area contributed by atoms with Gasteiger partial charge in [-0.15, -0.1) is 0 Å². The van der Waals surface area contributed by atoms with Gasteiger partial charge in [-0.3, -0.25) is 9.59 Å². The Hall–Kier alpha value is -1.63. The zero-order valence-electron chi connectivity index (χ0n) is 11.7. The third-order valence-corrected chi connectivity index (χ3v) is 3.98. The lowest BCUT2D eigenvalue weighted by atomic mass is 10.1. The smallest absolute Gasteiger partial charge is 0.326 e. The number of β-amino-alcohol motifs (C(OH)–C–C–N with tert-alkyl or cyclic N) is 1. The first-order valence-electron chi connectivity index (χ1n) is 6.82. The molecule has 7 nitrogen and oxygen atoms in total. The van der Waals surface area contributed by atoms with E-state index >= 15 is 0 Å². The molecule has 2 N–H and O–H groups in total. The molecular formula is C13H20N2O5. The highest BCUT2D eigenvalue weighted by Gasteiger charge is 2.44. The summed E-state index contributed by atoms with van der Waals surface area (Å²) in [5, 5.41) is 18.7. The van der Waals surface area contributed by atoms with E-state index in [-0.39, 0.29) is 37.2 Å². The number of likely N-dealkylation sites (tertiary alicyclic amines) is 2. The Kier molecular flexibility index (Phi) is 3.99. The molecule has 0 aliphatic carbocycles. The molecule has 1 unspecified atom stereocenters. The van der Waals surface area contributed by atoms with Crippen molar-refractivity contribution < 1.29 is 24.6 Å². The van der Waals surface area contributed by atoms with Gasteiger partial charge in [0.25, 0.3) is 0 Å². The first-order valence-corrected chi connectivity index (χ1v) is 6.82. The molecule has 112 valence electrons. The summed E-state index contributed by atoms with van der Waals surface area (Å²) in [5.74, 6) is -2.03. The molecule has 0 spiro atoms. The zero-order valence-corrected chi connectivity index (χ0v) is 11.7. The summed E-state index contributed by atoms with van der Waals surface area (Å²) in [4.78, 5) is 38.2. The molecule has 0 bridgehead atoms. The lowest BCUT2D eigenvalue weighted by Gasteiger charge is -2.25. The first-order chi connectivity index (χ1) is 9.31. The molecule has 3 atom stereocenters. The normalized spacial score (nSPS) is 30.4. The van der Waals surface area contributed by atoms with Gasteiger partial charge in [0.05, 0.1) is 12.0 Å². The molecule has 20 heavy (non-hydrogen) atoms. The van der Waals surface area contributed by atoms with Gasteiger partial charge < -0.3 is 20.0 Å². The van der Waals surface area contributed by atoms with Crippen molar-refractivity contribution in [2.24, 2.45) is 5.92 Å². The third kappa shape index (κ3) is 2.63. The minimum atomic E-state index is -1.11. The summed E-state index contributed by atoms with van der Waals surface area (Å²) in [7, 11) is 0. The third-order valence-electron chi connectivity index (χ3n) is 3.98. The number of aliphatic hydroxyl groups is 1. The predicted molar refractivity (Wildman–Crippen MR) is 68.7 cm³/mol. The number of nitrogens with zero attached hydrogens (tertiary/aromatic N) is 2. The molecule has 2 aliphatic heterocycles.